The van der Waals surface area contributed by atoms with Crippen molar-refractivity contribution in [1.82, 2.24) is 10.2 Å². The van der Waals surface area contributed by atoms with Gasteiger partial charge in [0.2, 0.25) is 11.8 Å². The minimum absolute atomic E-state index is 0.00365. The maximum Gasteiger partial charge on any atom is 0.320 e. The van der Waals surface area contributed by atoms with Crippen molar-refractivity contribution in [3.05, 3.63) is 35.4 Å². The van der Waals surface area contributed by atoms with Gasteiger partial charge in [0.1, 0.15) is 16.9 Å². The normalized spacial score (nSPS) is 26.9. The average Bonchev–Trinajstić information content (AvgIpc) is 3.63. The van der Waals surface area contributed by atoms with Crippen LogP contribution < -0.4 is 5.32 Å². The lowest BCUT2D eigenvalue weighted by Crippen LogP contribution is -2.60. The quantitative estimate of drug-likeness (QED) is 0.243. The Bertz CT molecular complexity index is 1060. The molecule has 0 unspecified atom stereocenters. The minimum Gasteiger partial charge on any atom is -0.468 e. The van der Waals surface area contributed by atoms with Crippen LogP contribution in [-0.2, 0) is 30.4 Å². The molecule has 2 amide bonds. The van der Waals surface area contributed by atoms with Gasteiger partial charge in [0, 0.05) is 24.6 Å². The van der Waals surface area contributed by atoms with Crippen LogP contribution in [-0.4, -0.2) is 48.5 Å². The summed E-state index contributed by atoms with van der Waals surface area (Å²) < 4.78 is 17.5. The van der Waals surface area contributed by atoms with E-state index in [1.54, 1.807) is 0 Å². The fourth-order valence-corrected chi connectivity index (χ4v) is 6.89. The number of nitrogens with one attached hydrogen (secondary N) is 1. The van der Waals surface area contributed by atoms with E-state index in [2.05, 4.69) is 18.3 Å². The highest BCUT2D eigenvalue weighted by molar-refractivity contribution is 5.92. The van der Waals surface area contributed by atoms with Gasteiger partial charge in [-0.3, -0.25) is 14.4 Å². The number of carbonyl (C=O) groups is 3. The van der Waals surface area contributed by atoms with Crippen molar-refractivity contribution in [2.75, 3.05) is 13.7 Å². The van der Waals surface area contributed by atoms with Crippen molar-refractivity contribution in [3.8, 4) is 0 Å². The average molecular weight is 557 g/mol. The van der Waals surface area contributed by atoms with E-state index in [4.69, 9.17) is 13.9 Å². The standard InChI is InChI=1S/C32H48N2O6/c1-5-6-7-8-9-12-17-34-28-19-27(24-13-10-11-14-24)40-23(3)32(28,31(37)38-4)20-25(30(34)36)18-29(35)33-21-26-16-15-22(2)39-26/h15-16,19,23-25,27H,5-14,17-18,20-21H2,1-4H3,(H,33,35)/t23-,25+,27-,32+/m1/s1. The third-order valence-electron chi connectivity index (χ3n) is 9.15. The molecule has 1 saturated heterocycles. The highest BCUT2D eigenvalue weighted by Gasteiger charge is 2.59. The monoisotopic (exact) mass is 556 g/mol. The molecule has 4 atom stereocenters. The second-order valence-electron chi connectivity index (χ2n) is 12.0. The zero-order valence-corrected chi connectivity index (χ0v) is 24.8. The number of aryl methyl sites for hydroxylation is 1. The van der Waals surface area contributed by atoms with Gasteiger partial charge in [-0.05, 0) is 63.7 Å². The molecule has 1 N–H and O–H groups in total. The van der Waals surface area contributed by atoms with Gasteiger partial charge in [-0.25, -0.2) is 0 Å². The number of furan rings is 1. The number of esters is 1. The number of unbranched alkanes of at least 4 members (excludes halogenated alkanes) is 5. The third kappa shape index (κ3) is 6.64. The van der Waals surface area contributed by atoms with Crippen molar-refractivity contribution in [1.29, 1.82) is 0 Å². The molecule has 0 spiro atoms. The summed E-state index contributed by atoms with van der Waals surface area (Å²) in [6.45, 7) is 6.77. The lowest BCUT2D eigenvalue weighted by atomic mass is 9.66. The number of methoxy groups -OCH3 is 1. The van der Waals surface area contributed by atoms with Gasteiger partial charge >= 0.3 is 5.97 Å². The topological polar surface area (TPSA) is 98.1 Å². The van der Waals surface area contributed by atoms with E-state index < -0.39 is 23.4 Å². The maximum atomic E-state index is 14.0. The molecule has 2 aliphatic heterocycles. The number of ether oxygens (including phenoxy) is 2. The lowest BCUT2D eigenvalue weighted by Gasteiger charge is -2.52. The number of likely N-dealkylation sites (tertiary alicyclic amines) is 1. The highest BCUT2D eigenvalue weighted by atomic mass is 16.5. The van der Waals surface area contributed by atoms with E-state index >= 15 is 0 Å². The van der Waals surface area contributed by atoms with Crippen molar-refractivity contribution in [2.45, 2.75) is 117 Å². The largest absolute Gasteiger partial charge is 0.468 e. The van der Waals surface area contributed by atoms with Crippen LogP contribution in [0.2, 0.25) is 0 Å². The zero-order valence-electron chi connectivity index (χ0n) is 24.8. The van der Waals surface area contributed by atoms with E-state index in [-0.39, 0.29) is 37.3 Å². The summed E-state index contributed by atoms with van der Waals surface area (Å²) in [5.41, 5.74) is -0.389. The predicted octanol–water partition coefficient (Wildman–Crippen LogP) is 5.82. The molecule has 1 aromatic heterocycles. The van der Waals surface area contributed by atoms with Crippen molar-refractivity contribution in [3.63, 3.8) is 0 Å². The predicted molar refractivity (Wildman–Crippen MR) is 152 cm³/mol. The molecular formula is C32H48N2O6. The van der Waals surface area contributed by atoms with Crippen LogP contribution in [0.15, 0.2) is 28.3 Å². The van der Waals surface area contributed by atoms with E-state index in [9.17, 15) is 14.4 Å². The Labute approximate surface area is 239 Å². The van der Waals surface area contributed by atoms with Crippen LogP contribution in [0.25, 0.3) is 0 Å². The van der Waals surface area contributed by atoms with Gasteiger partial charge in [-0.1, -0.05) is 51.9 Å². The van der Waals surface area contributed by atoms with Gasteiger partial charge in [0.25, 0.3) is 0 Å². The van der Waals surface area contributed by atoms with Gasteiger partial charge in [0.05, 0.1) is 25.9 Å². The lowest BCUT2D eigenvalue weighted by molar-refractivity contribution is -0.177. The number of nitrogens with zero attached hydrogens (tertiary/aromatic N) is 1. The van der Waals surface area contributed by atoms with E-state index in [0.717, 1.165) is 43.6 Å². The Morgan fingerprint density at radius 2 is 1.85 bits per heavy atom. The fraction of sp³-hybridized carbons (Fsp3) is 0.719. The molecule has 1 saturated carbocycles. The Hall–Kier alpha value is -2.61. The second-order valence-corrected chi connectivity index (χ2v) is 12.0. The summed E-state index contributed by atoms with van der Waals surface area (Å²) in [6, 6.07) is 3.68. The fourth-order valence-electron chi connectivity index (χ4n) is 6.89. The molecule has 3 aliphatic rings. The molecule has 1 aliphatic carbocycles. The molecule has 8 heteroatoms. The maximum absolute atomic E-state index is 14.0. The van der Waals surface area contributed by atoms with Gasteiger partial charge in [-0.15, -0.1) is 0 Å². The number of rotatable bonds is 13. The van der Waals surface area contributed by atoms with Gasteiger partial charge < -0.3 is 24.1 Å². The summed E-state index contributed by atoms with van der Waals surface area (Å²) in [5, 5.41) is 2.88. The first-order chi connectivity index (χ1) is 19.3. The molecule has 0 radical (unpaired) electrons. The van der Waals surface area contributed by atoms with Crippen LogP contribution in [0.1, 0.15) is 102 Å². The molecule has 0 aromatic carbocycles. The molecule has 8 nitrogen and oxygen atoms in total. The molecule has 222 valence electrons. The van der Waals surface area contributed by atoms with Crippen LogP contribution >= 0.6 is 0 Å². The van der Waals surface area contributed by atoms with Gasteiger partial charge in [-0.2, -0.15) is 0 Å². The third-order valence-corrected chi connectivity index (χ3v) is 9.15. The molecule has 0 bridgehead atoms. The number of hydrogen-bond donors (Lipinski definition) is 1. The Morgan fingerprint density at radius 1 is 1.12 bits per heavy atom. The van der Waals surface area contributed by atoms with Crippen LogP contribution in [0.3, 0.4) is 0 Å². The molecule has 3 heterocycles. The van der Waals surface area contributed by atoms with Crippen molar-refractivity contribution < 1.29 is 28.3 Å². The van der Waals surface area contributed by atoms with Crippen LogP contribution in [0, 0.1) is 24.2 Å². The minimum atomic E-state index is -1.12. The summed E-state index contributed by atoms with van der Waals surface area (Å²) >= 11 is 0. The van der Waals surface area contributed by atoms with Crippen molar-refractivity contribution in [2.24, 2.45) is 17.3 Å². The van der Waals surface area contributed by atoms with Gasteiger partial charge in [0.15, 0.2) is 0 Å². The summed E-state index contributed by atoms with van der Waals surface area (Å²) in [6.07, 6.45) is 12.8. The molecule has 40 heavy (non-hydrogen) atoms. The van der Waals surface area contributed by atoms with Crippen LogP contribution in [0.5, 0.6) is 0 Å². The first kappa shape index (κ1) is 30.4. The van der Waals surface area contributed by atoms with E-state index in [0.29, 0.717) is 18.2 Å². The summed E-state index contributed by atoms with van der Waals surface area (Å²) in [5.74, 6) is 0.463. The smallest absolute Gasteiger partial charge is 0.320 e. The SMILES string of the molecule is CCCCCCCCN1C(=O)[C@@H](CC(=O)NCc2ccc(C)o2)C[C@@]2(C(=O)OC)C1=C[C@H](C1CCCC1)O[C@@H]2C. The van der Waals surface area contributed by atoms with Crippen molar-refractivity contribution >= 4 is 17.8 Å². The van der Waals surface area contributed by atoms with Crippen LogP contribution in [0.4, 0.5) is 0 Å². The van der Waals surface area contributed by atoms with E-state index in [1.165, 1.54) is 39.2 Å². The summed E-state index contributed by atoms with van der Waals surface area (Å²) in [4.78, 5) is 42.5. The molecule has 4 rings (SSSR count). The number of carbonyl (C=O) groups excluding carboxylic acids is 3. The number of amides is 2. The van der Waals surface area contributed by atoms with E-state index in [1.807, 2.05) is 30.9 Å². The molecule has 1 aromatic rings. The molecular weight excluding hydrogens is 508 g/mol. The number of fused-ring (bicyclic) bond motifs is 1. The molecule has 2 fully saturated rings. The zero-order chi connectivity index (χ0) is 28.7. The number of hydrogen-bond acceptors (Lipinski definition) is 6. The highest BCUT2D eigenvalue weighted by Crippen LogP contribution is 2.51. The Kier molecular flexibility index (Phi) is 10.5. The second kappa shape index (κ2) is 13.8. The summed E-state index contributed by atoms with van der Waals surface area (Å²) in [7, 11) is 1.39. The first-order valence-corrected chi connectivity index (χ1v) is 15.4. The Morgan fingerprint density at radius 3 is 2.52 bits per heavy atom. The first-order valence-electron chi connectivity index (χ1n) is 15.4. The number of piperidine rings is 1. The Balaban J connectivity index is 1.58.